The molecule has 2 heterocycles. The third kappa shape index (κ3) is 4.47. The predicted molar refractivity (Wildman–Crippen MR) is 127 cm³/mol. The van der Waals surface area contributed by atoms with E-state index in [0.717, 1.165) is 11.1 Å². The molecule has 0 fully saturated rings. The maximum atomic E-state index is 13.3. The number of para-hydroxylation sites is 1. The van der Waals surface area contributed by atoms with Crippen molar-refractivity contribution in [3.63, 3.8) is 0 Å². The van der Waals surface area contributed by atoms with Crippen LogP contribution in [0.1, 0.15) is 31.9 Å². The summed E-state index contributed by atoms with van der Waals surface area (Å²) in [4.78, 5) is 28.0. The number of methoxy groups -OCH3 is 1. The van der Waals surface area contributed by atoms with Crippen molar-refractivity contribution in [2.75, 3.05) is 18.8 Å². The second-order valence-electron chi connectivity index (χ2n) is 8.51. The normalized spacial score (nSPS) is 15.9. The summed E-state index contributed by atoms with van der Waals surface area (Å²) in [6.45, 7) is 3.84. The van der Waals surface area contributed by atoms with E-state index in [0.29, 0.717) is 17.0 Å². The molecule has 1 N–H and O–H groups in total. The molecule has 1 unspecified atom stereocenters. The molecule has 0 spiro atoms. The number of aliphatic hydroxyl groups is 1. The Labute approximate surface area is 198 Å². The fourth-order valence-electron chi connectivity index (χ4n) is 4.13. The number of hydrogen-bond donors (Lipinski definition) is 1. The van der Waals surface area contributed by atoms with Crippen LogP contribution in [0.2, 0.25) is 0 Å². The van der Waals surface area contributed by atoms with Gasteiger partial charge in [0.15, 0.2) is 18.3 Å². The van der Waals surface area contributed by atoms with Gasteiger partial charge in [0.25, 0.3) is 5.91 Å². The minimum atomic E-state index is -0.841. The number of ether oxygens (including phenoxy) is 2. The number of ketones is 1. The van der Waals surface area contributed by atoms with Crippen molar-refractivity contribution in [3.05, 3.63) is 84.0 Å². The summed E-state index contributed by atoms with van der Waals surface area (Å²) in [7, 11) is 1.51. The highest BCUT2D eigenvalue weighted by Gasteiger charge is 2.45. The van der Waals surface area contributed by atoms with Gasteiger partial charge in [0.1, 0.15) is 5.75 Å². The zero-order valence-electron chi connectivity index (χ0n) is 19.4. The van der Waals surface area contributed by atoms with E-state index in [1.165, 1.54) is 12.0 Å². The molecule has 1 aliphatic rings. The lowest BCUT2D eigenvalue weighted by Crippen LogP contribution is -2.31. The summed E-state index contributed by atoms with van der Waals surface area (Å²) in [5, 5.41) is 10.9. The number of amides is 1. The van der Waals surface area contributed by atoms with E-state index in [1.54, 1.807) is 48.9 Å². The Bertz CT molecular complexity index is 1190. The fourth-order valence-corrected chi connectivity index (χ4v) is 4.13. The van der Waals surface area contributed by atoms with Crippen molar-refractivity contribution in [3.8, 4) is 16.9 Å². The summed E-state index contributed by atoms with van der Waals surface area (Å²) in [5.41, 5.74) is 3.03. The third-order valence-electron chi connectivity index (χ3n) is 5.65. The Morgan fingerprint density at radius 1 is 1.09 bits per heavy atom. The first-order valence-electron chi connectivity index (χ1n) is 11.1. The van der Waals surface area contributed by atoms with Crippen LogP contribution in [-0.4, -0.2) is 30.7 Å². The highest BCUT2D eigenvalue weighted by molar-refractivity contribution is 6.16. The van der Waals surface area contributed by atoms with Crippen LogP contribution in [0.5, 0.6) is 5.75 Å². The number of carbonyl (C=O) groups is 2. The van der Waals surface area contributed by atoms with Crippen molar-refractivity contribution < 1.29 is 28.6 Å². The van der Waals surface area contributed by atoms with Gasteiger partial charge in [-0.05, 0) is 35.7 Å². The molecule has 1 atom stereocenters. The van der Waals surface area contributed by atoms with Crippen LogP contribution in [0.3, 0.4) is 0 Å². The molecule has 3 aromatic rings. The Morgan fingerprint density at radius 2 is 1.82 bits per heavy atom. The SMILES string of the molecule is COCOc1ccccc1C1C(C(=O)CC(C)C)=C(O)C(=O)N1c1ccc(-c2ccoc2)cc1. The Kier molecular flexibility index (Phi) is 6.84. The first kappa shape index (κ1) is 23.3. The summed E-state index contributed by atoms with van der Waals surface area (Å²) in [6.07, 6.45) is 3.44. The second-order valence-corrected chi connectivity index (χ2v) is 8.51. The molecule has 2 aromatic carbocycles. The van der Waals surface area contributed by atoms with Gasteiger partial charge in [0, 0.05) is 30.3 Å². The topological polar surface area (TPSA) is 89.2 Å². The quantitative estimate of drug-likeness (QED) is 0.427. The molecule has 4 rings (SSSR count). The summed E-state index contributed by atoms with van der Waals surface area (Å²) >= 11 is 0. The van der Waals surface area contributed by atoms with Crippen molar-refractivity contribution in [2.24, 2.45) is 5.92 Å². The van der Waals surface area contributed by atoms with Crippen LogP contribution in [-0.2, 0) is 14.3 Å². The molecule has 0 bridgehead atoms. The molecular weight excluding hydrogens is 434 g/mol. The van der Waals surface area contributed by atoms with Gasteiger partial charge < -0.3 is 19.0 Å². The standard InChI is InChI=1S/C27H27NO6/c1-17(2)14-22(29)24-25(21-6-4-5-7-23(21)34-16-32-3)28(27(31)26(24)30)20-10-8-18(9-11-20)19-12-13-33-15-19/h4-13,15,17,25,30H,14,16H2,1-3H3. The van der Waals surface area contributed by atoms with Crippen molar-refractivity contribution >= 4 is 17.4 Å². The maximum absolute atomic E-state index is 13.3. The highest BCUT2D eigenvalue weighted by atomic mass is 16.7. The van der Waals surface area contributed by atoms with Crippen molar-refractivity contribution in [1.82, 2.24) is 0 Å². The number of nitrogens with zero attached hydrogens (tertiary/aromatic N) is 1. The molecule has 0 aliphatic carbocycles. The van der Waals surface area contributed by atoms with Gasteiger partial charge in [0.2, 0.25) is 0 Å². The second kappa shape index (κ2) is 9.97. The molecule has 7 heteroatoms. The number of aliphatic hydroxyl groups excluding tert-OH is 1. The van der Waals surface area contributed by atoms with E-state index in [4.69, 9.17) is 13.9 Å². The molecule has 0 radical (unpaired) electrons. The minimum absolute atomic E-state index is 0.00203. The van der Waals surface area contributed by atoms with E-state index in [-0.39, 0.29) is 30.5 Å². The number of furan rings is 1. The van der Waals surface area contributed by atoms with E-state index < -0.39 is 17.7 Å². The zero-order valence-corrected chi connectivity index (χ0v) is 19.4. The van der Waals surface area contributed by atoms with E-state index >= 15 is 0 Å². The van der Waals surface area contributed by atoms with E-state index in [2.05, 4.69) is 0 Å². The minimum Gasteiger partial charge on any atom is -0.503 e. The largest absolute Gasteiger partial charge is 0.503 e. The Hall–Kier alpha value is -3.84. The summed E-state index contributed by atoms with van der Waals surface area (Å²) in [5.74, 6) is -0.908. The predicted octanol–water partition coefficient (Wildman–Crippen LogP) is 5.44. The molecule has 176 valence electrons. The third-order valence-corrected chi connectivity index (χ3v) is 5.65. The molecule has 34 heavy (non-hydrogen) atoms. The van der Waals surface area contributed by atoms with E-state index in [9.17, 15) is 14.7 Å². The maximum Gasteiger partial charge on any atom is 0.294 e. The number of benzene rings is 2. The van der Waals surface area contributed by atoms with Crippen LogP contribution in [0, 0.1) is 5.92 Å². The van der Waals surface area contributed by atoms with Gasteiger partial charge in [-0.25, -0.2) is 0 Å². The zero-order chi connectivity index (χ0) is 24.2. The van der Waals surface area contributed by atoms with Gasteiger partial charge in [-0.3, -0.25) is 14.5 Å². The molecule has 7 nitrogen and oxygen atoms in total. The van der Waals surface area contributed by atoms with Crippen molar-refractivity contribution in [2.45, 2.75) is 26.3 Å². The molecule has 1 amide bonds. The van der Waals surface area contributed by atoms with E-state index in [1.807, 2.05) is 32.0 Å². The van der Waals surface area contributed by atoms with Crippen molar-refractivity contribution in [1.29, 1.82) is 0 Å². The van der Waals surface area contributed by atoms with Gasteiger partial charge in [-0.1, -0.05) is 44.2 Å². The molecule has 0 saturated heterocycles. The van der Waals surface area contributed by atoms with Crippen LogP contribution in [0.4, 0.5) is 5.69 Å². The lowest BCUT2D eigenvalue weighted by atomic mass is 9.91. The smallest absolute Gasteiger partial charge is 0.294 e. The average Bonchev–Trinajstić information content (AvgIpc) is 3.45. The fraction of sp³-hybridized carbons (Fsp3) is 0.259. The first-order valence-corrected chi connectivity index (χ1v) is 11.1. The number of hydrogen-bond acceptors (Lipinski definition) is 6. The number of Topliss-reactive ketones (excluding diaryl/α,β-unsaturated/α-hetero) is 1. The molecule has 0 saturated carbocycles. The Morgan fingerprint density at radius 3 is 2.47 bits per heavy atom. The molecule has 1 aromatic heterocycles. The molecule has 1 aliphatic heterocycles. The lowest BCUT2D eigenvalue weighted by molar-refractivity contribution is -0.118. The van der Waals surface area contributed by atoms with Gasteiger partial charge in [-0.15, -0.1) is 0 Å². The van der Waals surface area contributed by atoms with Crippen LogP contribution in [0.25, 0.3) is 11.1 Å². The molecular formula is C27H27NO6. The number of carbonyl (C=O) groups excluding carboxylic acids is 2. The number of rotatable bonds is 9. The van der Waals surface area contributed by atoms with Gasteiger partial charge in [-0.2, -0.15) is 0 Å². The summed E-state index contributed by atoms with van der Waals surface area (Å²) in [6, 6.07) is 15.4. The first-order chi connectivity index (χ1) is 16.4. The average molecular weight is 462 g/mol. The number of anilines is 1. The lowest BCUT2D eigenvalue weighted by Gasteiger charge is -2.28. The van der Waals surface area contributed by atoms with Crippen LogP contribution < -0.4 is 9.64 Å². The van der Waals surface area contributed by atoms with Gasteiger partial charge in [0.05, 0.1) is 24.1 Å². The van der Waals surface area contributed by atoms with Crippen LogP contribution in [0.15, 0.2) is 82.9 Å². The van der Waals surface area contributed by atoms with Crippen LogP contribution >= 0.6 is 0 Å². The summed E-state index contributed by atoms with van der Waals surface area (Å²) < 4.78 is 16.0. The van der Waals surface area contributed by atoms with Gasteiger partial charge >= 0.3 is 0 Å². The monoisotopic (exact) mass is 461 g/mol. The Balaban J connectivity index is 1.81. The highest BCUT2D eigenvalue weighted by Crippen LogP contribution is 2.44.